The zero-order valence-corrected chi connectivity index (χ0v) is 12.7. The summed E-state index contributed by atoms with van der Waals surface area (Å²) >= 11 is 6.12. The highest BCUT2D eigenvalue weighted by molar-refractivity contribution is 6.31. The molecule has 1 aliphatic carbocycles. The van der Waals surface area contributed by atoms with Gasteiger partial charge in [0.15, 0.2) is 0 Å². The first-order chi connectivity index (χ1) is 9.69. The lowest BCUT2D eigenvalue weighted by Crippen LogP contribution is -2.25. The molecule has 2 atom stereocenters. The number of hydrogen-bond donors (Lipinski definition) is 1. The minimum Gasteiger partial charge on any atom is -0.313 e. The summed E-state index contributed by atoms with van der Waals surface area (Å²) in [6.07, 6.45) is 2.36. The molecule has 0 aliphatic heterocycles. The Hall–Kier alpha value is -1.31. The molecule has 20 heavy (non-hydrogen) atoms. The highest BCUT2D eigenvalue weighted by Crippen LogP contribution is 2.40. The summed E-state index contributed by atoms with van der Waals surface area (Å²) in [4.78, 5) is 0. The number of fused-ring (bicyclic) bond motifs is 1. The van der Waals surface area contributed by atoms with E-state index in [4.69, 9.17) is 11.6 Å². The molecule has 0 spiro atoms. The van der Waals surface area contributed by atoms with Crippen molar-refractivity contribution in [2.75, 3.05) is 7.05 Å². The monoisotopic (exact) mass is 285 g/mol. The maximum Gasteiger partial charge on any atom is 0.0435 e. The molecule has 0 aromatic heterocycles. The van der Waals surface area contributed by atoms with E-state index in [9.17, 15) is 0 Å². The third-order valence-electron chi connectivity index (χ3n) is 4.41. The fraction of sp³-hybridized carbons (Fsp3) is 0.333. The second-order valence-electron chi connectivity index (χ2n) is 5.69. The van der Waals surface area contributed by atoms with Crippen LogP contribution in [0.4, 0.5) is 0 Å². The quantitative estimate of drug-likeness (QED) is 0.863. The molecule has 0 bridgehead atoms. The fourth-order valence-electron chi connectivity index (χ4n) is 3.16. The smallest absolute Gasteiger partial charge is 0.0435 e. The van der Waals surface area contributed by atoms with Crippen molar-refractivity contribution < 1.29 is 0 Å². The number of benzene rings is 2. The minimum atomic E-state index is 0.393. The first kappa shape index (κ1) is 13.7. The lowest BCUT2D eigenvalue weighted by atomic mass is 9.74. The molecule has 0 saturated carbocycles. The predicted molar refractivity (Wildman–Crippen MR) is 85.5 cm³/mol. The first-order valence-electron chi connectivity index (χ1n) is 7.20. The van der Waals surface area contributed by atoms with Crippen LogP contribution in [0.5, 0.6) is 0 Å². The van der Waals surface area contributed by atoms with Crippen molar-refractivity contribution in [2.24, 2.45) is 0 Å². The third-order valence-corrected chi connectivity index (χ3v) is 4.84. The molecule has 3 rings (SSSR count). The number of hydrogen-bond acceptors (Lipinski definition) is 1. The fourth-order valence-corrected chi connectivity index (χ4v) is 3.28. The molecule has 0 amide bonds. The summed E-state index contributed by atoms with van der Waals surface area (Å²) < 4.78 is 0. The van der Waals surface area contributed by atoms with E-state index >= 15 is 0 Å². The van der Waals surface area contributed by atoms with Crippen LogP contribution >= 0.6 is 11.6 Å². The molecule has 0 heterocycles. The van der Waals surface area contributed by atoms with E-state index in [2.05, 4.69) is 48.6 Å². The lowest BCUT2D eigenvalue weighted by Gasteiger charge is -2.33. The van der Waals surface area contributed by atoms with Crippen LogP contribution in [0.15, 0.2) is 42.5 Å². The Morgan fingerprint density at radius 2 is 2.05 bits per heavy atom. The zero-order chi connectivity index (χ0) is 14.1. The Kier molecular flexibility index (Phi) is 3.82. The number of halogens is 1. The van der Waals surface area contributed by atoms with Gasteiger partial charge in [-0.05, 0) is 61.1 Å². The van der Waals surface area contributed by atoms with Gasteiger partial charge >= 0.3 is 0 Å². The molecule has 0 saturated heterocycles. The van der Waals surface area contributed by atoms with Crippen molar-refractivity contribution in [3.8, 4) is 0 Å². The number of nitrogens with one attached hydrogen (secondary N) is 1. The van der Waals surface area contributed by atoms with Crippen LogP contribution in [0.2, 0.25) is 5.02 Å². The third kappa shape index (κ3) is 2.48. The summed E-state index contributed by atoms with van der Waals surface area (Å²) in [7, 11) is 2.04. The summed E-state index contributed by atoms with van der Waals surface area (Å²) in [5.41, 5.74) is 5.52. The van der Waals surface area contributed by atoms with Gasteiger partial charge in [0.25, 0.3) is 0 Å². The van der Waals surface area contributed by atoms with Crippen LogP contribution in [-0.2, 0) is 6.42 Å². The average molecular weight is 286 g/mol. The summed E-state index contributed by atoms with van der Waals surface area (Å²) in [6, 6.07) is 15.5. The van der Waals surface area contributed by atoms with Crippen molar-refractivity contribution in [1.29, 1.82) is 0 Å². The topological polar surface area (TPSA) is 12.0 Å². The van der Waals surface area contributed by atoms with Crippen LogP contribution in [0.1, 0.15) is 40.6 Å². The minimum absolute atomic E-state index is 0.393. The Labute approximate surface area is 126 Å². The Bertz CT molecular complexity index is 621. The summed E-state index contributed by atoms with van der Waals surface area (Å²) in [5, 5.41) is 4.30. The SMILES string of the molecule is CNC(CC1Cc2ccccc21)c1ccc(Cl)c(C)c1. The molecular weight excluding hydrogens is 266 g/mol. The second kappa shape index (κ2) is 5.59. The van der Waals surface area contributed by atoms with E-state index in [1.807, 2.05) is 13.1 Å². The second-order valence-corrected chi connectivity index (χ2v) is 6.09. The molecule has 2 heteroatoms. The van der Waals surface area contributed by atoms with Gasteiger partial charge in [0.2, 0.25) is 0 Å². The van der Waals surface area contributed by atoms with Gasteiger partial charge in [0, 0.05) is 11.1 Å². The first-order valence-corrected chi connectivity index (χ1v) is 7.58. The molecule has 2 unspecified atom stereocenters. The van der Waals surface area contributed by atoms with Gasteiger partial charge in [0.1, 0.15) is 0 Å². The summed E-state index contributed by atoms with van der Waals surface area (Å²) in [5.74, 6) is 0.680. The van der Waals surface area contributed by atoms with Crippen LogP contribution in [0.3, 0.4) is 0 Å². The van der Waals surface area contributed by atoms with Crippen molar-refractivity contribution in [3.05, 3.63) is 69.7 Å². The summed E-state index contributed by atoms with van der Waals surface area (Å²) in [6.45, 7) is 2.07. The van der Waals surface area contributed by atoms with Crippen LogP contribution in [-0.4, -0.2) is 7.05 Å². The van der Waals surface area contributed by atoms with Crippen molar-refractivity contribution >= 4 is 11.6 Å². The van der Waals surface area contributed by atoms with E-state index in [-0.39, 0.29) is 0 Å². The standard InChI is InChI=1S/C18H20ClN/c1-12-9-14(7-8-17(12)19)18(20-2)11-15-10-13-5-3-4-6-16(13)15/h3-9,15,18,20H,10-11H2,1-2H3. The van der Waals surface area contributed by atoms with Gasteiger partial charge < -0.3 is 5.32 Å². The predicted octanol–water partition coefficient (Wildman–Crippen LogP) is 4.64. The molecule has 1 nitrogen and oxygen atoms in total. The maximum absolute atomic E-state index is 6.12. The molecule has 0 fully saturated rings. The van der Waals surface area contributed by atoms with Crippen LogP contribution in [0.25, 0.3) is 0 Å². The number of aryl methyl sites for hydroxylation is 1. The van der Waals surface area contributed by atoms with E-state index in [0.29, 0.717) is 12.0 Å². The Morgan fingerprint density at radius 3 is 2.75 bits per heavy atom. The molecular formula is C18H20ClN. The molecule has 2 aromatic rings. The Balaban J connectivity index is 1.77. The van der Waals surface area contributed by atoms with Gasteiger partial charge in [0.05, 0.1) is 0 Å². The normalized spacial score (nSPS) is 18.2. The average Bonchev–Trinajstić information content (AvgIpc) is 2.44. The van der Waals surface area contributed by atoms with Crippen molar-refractivity contribution in [3.63, 3.8) is 0 Å². The van der Waals surface area contributed by atoms with Gasteiger partial charge in [-0.25, -0.2) is 0 Å². The molecule has 0 radical (unpaired) electrons. The van der Waals surface area contributed by atoms with E-state index in [1.54, 1.807) is 0 Å². The lowest BCUT2D eigenvalue weighted by molar-refractivity contribution is 0.452. The van der Waals surface area contributed by atoms with E-state index in [0.717, 1.165) is 17.0 Å². The van der Waals surface area contributed by atoms with Crippen LogP contribution < -0.4 is 5.32 Å². The van der Waals surface area contributed by atoms with E-state index in [1.165, 1.54) is 23.1 Å². The van der Waals surface area contributed by atoms with Gasteiger partial charge in [-0.3, -0.25) is 0 Å². The molecule has 104 valence electrons. The van der Waals surface area contributed by atoms with Crippen LogP contribution in [0, 0.1) is 6.92 Å². The molecule has 2 aromatic carbocycles. The van der Waals surface area contributed by atoms with Gasteiger partial charge in [-0.1, -0.05) is 48.0 Å². The zero-order valence-electron chi connectivity index (χ0n) is 12.0. The highest BCUT2D eigenvalue weighted by Gasteiger charge is 2.28. The van der Waals surface area contributed by atoms with Crippen molar-refractivity contribution in [1.82, 2.24) is 5.32 Å². The molecule has 1 N–H and O–H groups in total. The van der Waals surface area contributed by atoms with Gasteiger partial charge in [-0.15, -0.1) is 0 Å². The maximum atomic E-state index is 6.12. The Morgan fingerprint density at radius 1 is 1.25 bits per heavy atom. The number of rotatable bonds is 4. The van der Waals surface area contributed by atoms with E-state index < -0.39 is 0 Å². The van der Waals surface area contributed by atoms with Crippen molar-refractivity contribution in [2.45, 2.75) is 31.7 Å². The highest BCUT2D eigenvalue weighted by atomic mass is 35.5. The molecule has 1 aliphatic rings. The van der Waals surface area contributed by atoms with Gasteiger partial charge in [-0.2, -0.15) is 0 Å². The largest absolute Gasteiger partial charge is 0.313 e.